The van der Waals surface area contributed by atoms with Crippen molar-refractivity contribution in [3.63, 3.8) is 0 Å². The number of hydrogen-bond donors (Lipinski definition) is 1. The minimum atomic E-state index is -0.913. The fourth-order valence-corrected chi connectivity index (χ4v) is 2.49. The molecule has 0 atom stereocenters. The zero-order valence-electron chi connectivity index (χ0n) is 9.65. The molecule has 1 saturated carbocycles. The Bertz CT molecular complexity index is 252. The maximum Gasteiger partial charge on any atom is 0.323 e. The average molecular weight is 245 g/mol. The van der Waals surface area contributed by atoms with E-state index in [2.05, 4.69) is 0 Å². The van der Waals surface area contributed by atoms with E-state index in [1.165, 1.54) is 0 Å². The lowest BCUT2D eigenvalue weighted by molar-refractivity contribution is -0.146. The van der Waals surface area contributed by atoms with Crippen LogP contribution in [0.3, 0.4) is 0 Å². The molecular formula is C11H19NO3S. The second-order valence-electron chi connectivity index (χ2n) is 4.10. The van der Waals surface area contributed by atoms with E-state index in [0.717, 1.165) is 31.4 Å². The first-order chi connectivity index (χ1) is 7.65. The van der Waals surface area contributed by atoms with E-state index in [4.69, 9.17) is 5.11 Å². The number of thioether (sulfide) groups is 1. The summed E-state index contributed by atoms with van der Waals surface area (Å²) in [5.74, 6) is -0.158. The Balaban J connectivity index is 2.54. The quantitative estimate of drug-likeness (QED) is 0.772. The topological polar surface area (TPSA) is 57.6 Å². The number of nitrogens with zero attached hydrogens (tertiary/aromatic N) is 1. The van der Waals surface area contributed by atoms with Gasteiger partial charge in [-0.05, 0) is 19.1 Å². The standard InChI is InChI=1S/C11H19NO3S/c1-16-7-6-10(13)12(8-11(14)15)9-4-2-3-5-9/h9H,2-8H2,1H3,(H,14,15). The molecule has 16 heavy (non-hydrogen) atoms. The van der Waals surface area contributed by atoms with Crippen molar-refractivity contribution < 1.29 is 14.7 Å². The van der Waals surface area contributed by atoms with E-state index in [-0.39, 0.29) is 18.5 Å². The number of amides is 1. The molecule has 0 bridgehead atoms. The van der Waals surface area contributed by atoms with Gasteiger partial charge in [0.2, 0.25) is 5.91 Å². The lowest BCUT2D eigenvalue weighted by Gasteiger charge is -2.27. The summed E-state index contributed by atoms with van der Waals surface area (Å²) in [6, 6.07) is 0.158. The number of carboxylic acid groups (broad SMARTS) is 1. The van der Waals surface area contributed by atoms with E-state index in [0.29, 0.717) is 6.42 Å². The third-order valence-corrected chi connectivity index (χ3v) is 3.52. The van der Waals surface area contributed by atoms with Crippen LogP contribution in [0.15, 0.2) is 0 Å². The molecule has 0 heterocycles. The Labute approximate surface area is 100 Å². The summed E-state index contributed by atoms with van der Waals surface area (Å²) in [5, 5.41) is 8.82. The molecule has 1 N–H and O–H groups in total. The smallest absolute Gasteiger partial charge is 0.323 e. The van der Waals surface area contributed by atoms with Gasteiger partial charge in [-0.2, -0.15) is 11.8 Å². The third-order valence-electron chi connectivity index (χ3n) is 2.91. The minimum Gasteiger partial charge on any atom is -0.480 e. The molecule has 0 aliphatic heterocycles. The van der Waals surface area contributed by atoms with Gasteiger partial charge in [0.25, 0.3) is 0 Å². The van der Waals surface area contributed by atoms with Gasteiger partial charge in [-0.3, -0.25) is 9.59 Å². The van der Waals surface area contributed by atoms with Crippen molar-refractivity contribution in [2.45, 2.75) is 38.1 Å². The first-order valence-electron chi connectivity index (χ1n) is 5.65. The summed E-state index contributed by atoms with van der Waals surface area (Å²) in [6.45, 7) is -0.141. The monoisotopic (exact) mass is 245 g/mol. The van der Waals surface area contributed by atoms with Crippen LogP contribution in [0.2, 0.25) is 0 Å². The highest BCUT2D eigenvalue weighted by atomic mass is 32.2. The number of carbonyl (C=O) groups excluding carboxylic acids is 1. The highest BCUT2D eigenvalue weighted by Crippen LogP contribution is 2.24. The van der Waals surface area contributed by atoms with E-state index in [1.54, 1.807) is 16.7 Å². The van der Waals surface area contributed by atoms with Crippen molar-refractivity contribution in [1.29, 1.82) is 0 Å². The van der Waals surface area contributed by atoms with Gasteiger partial charge in [0, 0.05) is 18.2 Å². The minimum absolute atomic E-state index is 0.0105. The number of rotatable bonds is 6. The van der Waals surface area contributed by atoms with Crippen LogP contribution in [0.4, 0.5) is 0 Å². The first kappa shape index (κ1) is 13.4. The lowest BCUT2D eigenvalue weighted by atomic mass is 10.2. The summed E-state index contributed by atoms with van der Waals surface area (Å²) >= 11 is 1.61. The van der Waals surface area contributed by atoms with Gasteiger partial charge in [0.1, 0.15) is 6.54 Å². The predicted octanol–water partition coefficient (Wildman–Crippen LogP) is 1.60. The van der Waals surface area contributed by atoms with Gasteiger partial charge in [0.15, 0.2) is 0 Å². The van der Waals surface area contributed by atoms with Crippen molar-refractivity contribution >= 4 is 23.6 Å². The van der Waals surface area contributed by atoms with Crippen LogP contribution in [-0.2, 0) is 9.59 Å². The number of carbonyl (C=O) groups is 2. The van der Waals surface area contributed by atoms with Crippen LogP contribution < -0.4 is 0 Å². The average Bonchev–Trinajstić information content (AvgIpc) is 2.75. The van der Waals surface area contributed by atoms with Crippen molar-refractivity contribution in [3.8, 4) is 0 Å². The Morgan fingerprint density at radius 2 is 2.00 bits per heavy atom. The molecule has 0 radical (unpaired) electrons. The van der Waals surface area contributed by atoms with Crippen LogP contribution >= 0.6 is 11.8 Å². The van der Waals surface area contributed by atoms with E-state index < -0.39 is 5.97 Å². The zero-order valence-corrected chi connectivity index (χ0v) is 10.5. The van der Waals surface area contributed by atoms with Crippen molar-refractivity contribution in [1.82, 2.24) is 4.90 Å². The van der Waals surface area contributed by atoms with Gasteiger partial charge in [0.05, 0.1) is 0 Å². The SMILES string of the molecule is CSCCC(=O)N(CC(=O)O)C1CCCC1. The molecule has 5 heteroatoms. The molecule has 1 aliphatic rings. The van der Waals surface area contributed by atoms with E-state index >= 15 is 0 Å². The van der Waals surface area contributed by atoms with Crippen LogP contribution in [0.5, 0.6) is 0 Å². The van der Waals surface area contributed by atoms with Gasteiger partial charge in [-0.15, -0.1) is 0 Å². The van der Waals surface area contributed by atoms with Gasteiger partial charge >= 0.3 is 5.97 Å². The fraction of sp³-hybridized carbons (Fsp3) is 0.818. The first-order valence-corrected chi connectivity index (χ1v) is 7.04. The van der Waals surface area contributed by atoms with Crippen molar-refractivity contribution in [3.05, 3.63) is 0 Å². The molecule has 1 aliphatic carbocycles. The molecule has 1 rings (SSSR count). The highest BCUT2D eigenvalue weighted by Gasteiger charge is 2.27. The predicted molar refractivity (Wildman–Crippen MR) is 64.6 cm³/mol. The fourth-order valence-electron chi connectivity index (χ4n) is 2.12. The molecule has 0 unspecified atom stereocenters. The maximum atomic E-state index is 11.9. The summed E-state index contributed by atoms with van der Waals surface area (Å²) in [4.78, 5) is 24.2. The number of hydrogen-bond acceptors (Lipinski definition) is 3. The Hall–Kier alpha value is -0.710. The molecule has 0 aromatic rings. The van der Waals surface area contributed by atoms with Crippen molar-refractivity contribution in [2.75, 3.05) is 18.6 Å². The number of carboxylic acids is 1. The second-order valence-corrected chi connectivity index (χ2v) is 5.08. The Morgan fingerprint density at radius 1 is 1.38 bits per heavy atom. The Kier molecular flexibility index (Phi) is 5.66. The zero-order chi connectivity index (χ0) is 12.0. The summed E-state index contributed by atoms with van der Waals surface area (Å²) in [7, 11) is 0. The van der Waals surface area contributed by atoms with Crippen molar-refractivity contribution in [2.24, 2.45) is 0 Å². The highest BCUT2D eigenvalue weighted by molar-refractivity contribution is 7.98. The molecule has 0 saturated heterocycles. The molecular weight excluding hydrogens is 226 g/mol. The van der Waals surface area contributed by atoms with Gasteiger partial charge < -0.3 is 10.0 Å². The molecule has 0 aromatic heterocycles. The molecule has 92 valence electrons. The molecule has 0 aromatic carbocycles. The van der Waals surface area contributed by atoms with Crippen LogP contribution in [0, 0.1) is 0 Å². The maximum absolute atomic E-state index is 11.9. The van der Waals surface area contributed by atoms with Gasteiger partial charge in [-0.1, -0.05) is 12.8 Å². The van der Waals surface area contributed by atoms with E-state index in [9.17, 15) is 9.59 Å². The van der Waals surface area contributed by atoms with Crippen LogP contribution in [0.1, 0.15) is 32.1 Å². The molecule has 0 spiro atoms. The van der Waals surface area contributed by atoms with Gasteiger partial charge in [-0.25, -0.2) is 0 Å². The van der Waals surface area contributed by atoms with E-state index in [1.807, 2.05) is 6.26 Å². The second kappa shape index (κ2) is 6.78. The molecule has 1 fully saturated rings. The molecule has 4 nitrogen and oxygen atoms in total. The van der Waals surface area contributed by atoms with Crippen LogP contribution in [0.25, 0.3) is 0 Å². The number of aliphatic carboxylic acids is 1. The Morgan fingerprint density at radius 3 is 2.50 bits per heavy atom. The van der Waals surface area contributed by atoms with Crippen LogP contribution in [-0.4, -0.2) is 46.5 Å². The normalized spacial score (nSPS) is 16.3. The summed E-state index contributed by atoms with van der Waals surface area (Å²) < 4.78 is 0. The largest absolute Gasteiger partial charge is 0.480 e. The summed E-state index contributed by atoms with van der Waals surface area (Å²) in [5.41, 5.74) is 0. The lowest BCUT2D eigenvalue weighted by Crippen LogP contribution is -2.42. The third kappa shape index (κ3) is 4.04. The summed E-state index contributed by atoms with van der Waals surface area (Å²) in [6.07, 6.45) is 6.53. The molecule has 1 amide bonds.